The van der Waals surface area contributed by atoms with Gasteiger partial charge in [-0.3, -0.25) is 9.36 Å². The van der Waals surface area contributed by atoms with Gasteiger partial charge in [0.15, 0.2) is 22.6 Å². The van der Waals surface area contributed by atoms with Gasteiger partial charge >= 0.3 is 12.0 Å². The van der Waals surface area contributed by atoms with Gasteiger partial charge in [0.25, 0.3) is 0 Å². The fourth-order valence-electron chi connectivity index (χ4n) is 5.04. The van der Waals surface area contributed by atoms with Crippen molar-refractivity contribution in [1.82, 2.24) is 19.5 Å². The fourth-order valence-corrected chi connectivity index (χ4v) is 5.04. The lowest BCUT2D eigenvalue weighted by molar-refractivity contribution is -0.152. The number of unbranched alkanes of at least 4 members (excludes halogenated alkanes) is 13. The summed E-state index contributed by atoms with van der Waals surface area (Å²) < 4.78 is 26.9. The maximum Gasteiger partial charge on any atom is 0.312 e. The molecule has 1 saturated heterocycles. The van der Waals surface area contributed by atoms with E-state index in [4.69, 9.17) is 21.6 Å². The monoisotopic (exact) mass is 529 g/mol. The quantitative estimate of drug-likeness (QED) is 0.0998. The van der Waals surface area contributed by atoms with Crippen LogP contribution in [0.15, 0.2) is 6.33 Å². The molecule has 0 amide bonds. The number of ether oxygens (including phenoxy) is 2. The van der Waals surface area contributed by atoms with Crippen LogP contribution < -0.4 is 5.73 Å². The number of nitrogen functional groups attached to an aromatic ring is 1. The lowest BCUT2D eigenvalue weighted by Gasteiger charge is -2.23. The highest BCUT2D eigenvalue weighted by molar-refractivity contribution is 5.81. The minimum absolute atomic E-state index is 0.0183. The molecule has 38 heavy (non-hydrogen) atoms. The lowest BCUT2D eigenvalue weighted by atomic mass is 10.0. The van der Waals surface area contributed by atoms with Crippen LogP contribution in [0.3, 0.4) is 0 Å². The number of carbonyl (C=O) groups excluding carboxylic acids is 1. The molecule has 2 unspecified atom stereocenters. The maximum absolute atomic E-state index is 13.7. The average Bonchev–Trinajstić information content (AvgIpc) is 3.52. The number of fused-ring (bicyclic) bond motifs is 1. The summed E-state index contributed by atoms with van der Waals surface area (Å²) in [5.41, 5.74) is 5.24. The van der Waals surface area contributed by atoms with Crippen LogP contribution in [0.25, 0.3) is 11.2 Å². The molecule has 9 heteroatoms. The van der Waals surface area contributed by atoms with Crippen molar-refractivity contribution in [2.45, 2.75) is 128 Å². The molecule has 2 N–H and O–H groups in total. The Morgan fingerprint density at radius 1 is 1.11 bits per heavy atom. The summed E-state index contributed by atoms with van der Waals surface area (Å²) in [5.74, 6) is 2.35. The van der Waals surface area contributed by atoms with Gasteiger partial charge in [0.2, 0.25) is 0 Å². The highest BCUT2D eigenvalue weighted by Crippen LogP contribution is 2.38. The van der Waals surface area contributed by atoms with Crippen molar-refractivity contribution in [2.75, 3.05) is 12.3 Å². The van der Waals surface area contributed by atoms with Crippen molar-refractivity contribution in [3.05, 3.63) is 12.4 Å². The molecule has 210 valence electrons. The first-order valence-electron chi connectivity index (χ1n) is 14.4. The zero-order chi connectivity index (χ0) is 27.2. The number of nitrogens with two attached hydrogens (primary N) is 1. The number of hydrogen-bond acceptors (Lipinski definition) is 7. The molecule has 0 bridgehead atoms. The van der Waals surface area contributed by atoms with E-state index < -0.39 is 17.9 Å². The third-order valence-electron chi connectivity index (χ3n) is 7.35. The highest BCUT2D eigenvalue weighted by Gasteiger charge is 2.41. The number of halogens is 1. The predicted octanol–water partition coefficient (Wildman–Crippen LogP) is 6.64. The molecule has 8 nitrogen and oxygen atoms in total. The second-order valence-corrected chi connectivity index (χ2v) is 10.5. The third-order valence-corrected chi connectivity index (χ3v) is 7.35. The summed E-state index contributed by atoms with van der Waals surface area (Å²) in [6.45, 7) is 2.24. The molecular formula is C29H44FN5O3. The maximum atomic E-state index is 13.7. The summed E-state index contributed by atoms with van der Waals surface area (Å²) in [5, 5.41) is 0. The Morgan fingerprint density at radius 2 is 1.71 bits per heavy atom. The van der Waals surface area contributed by atoms with Gasteiger partial charge in [-0.05, 0) is 19.3 Å². The average molecular weight is 530 g/mol. The lowest BCUT2D eigenvalue weighted by Crippen LogP contribution is -2.34. The fraction of sp³-hybridized carbons (Fsp3) is 0.724. The topological polar surface area (TPSA) is 105 Å². The normalized spacial score (nSPS) is 19.1. The minimum atomic E-state index is -1.04. The van der Waals surface area contributed by atoms with Gasteiger partial charge in [-0.2, -0.15) is 14.4 Å². The number of nitrogens with zero attached hydrogens (tertiary/aromatic N) is 4. The number of hydrogen-bond donors (Lipinski definition) is 1. The van der Waals surface area contributed by atoms with Gasteiger partial charge < -0.3 is 15.2 Å². The molecule has 0 spiro atoms. The number of terminal acetylenes is 1. The van der Waals surface area contributed by atoms with E-state index in [1.54, 1.807) is 4.57 Å². The van der Waals surface area contributed by atoms with Gasteiger partial charge in [0.1, 0.15) is 12.8 Å². The molecular weight excluding hydrogens is 485 g/mol. The second-order valence-electron chi connectivity index (χ2n) is 10.5. The summed E-state index contributed by atoms with van der Waals surface area (Å²) in [6, 6.07) is 0. The van der Waals surface area contributed by atoms with Crippen molar-refractivity contribution in [3.8, 4) is 12.3 Å². The number of rotatable bonds is 18. The van der Waals surface area contributed by atoms with Crippen molar-refractivity contribution in [2.24, 2.45) is 0 Å². The first-order valence-corrected chi connectivity index (χ1v) is 14.4. The minimum Gasteiger partial charge on any atom is -0.462 e. The summed E-state index contributed by atoms with van der Waals surface area (Å²) >= 11 is 0. The van der Waals surface area contributed by atoms with Crippen LogP contribution in [0.2, 0.25) is 0 Å². The van der Waals surface area contributed by atoms with E-state index >= 15 is 0 Å². The van der Waals surface area contributed by atoms with Crippen LogP contribution in [0.1, 0.15) is 122 Å². The first kappa shape index (κ1) is 29.8. The zero-order valence-corrected chi connectivity index (χ0v) is 22.9. The van der Waals surface area contributed by atoms with Gasteiger partial charge in [-0.15, -0.1) is 6.42 Å². The first-order chi connectivity index (χ1) is 18.5. The molecule has 0 aromatic carbocycles. The Hall–Kier alpha value is -2.73. The molecule has 0 aliphatic carbocycles. The van der Waals surface area contributed by atoms with Gasteiger partial charge in [-0.25, -0.2) is 4.98 Å². The van der Waals surface area contributed by atoms with Gasteiger partial charge in [0.05, 0.1) is 6.33 Å². The Kier molecular flexibility index (Phi) is 12.3. The number of anilines is 1. The predicted molar refractivity (Wildman–Crippen MR) is 147 cm³/mol. The van der Waals surface area contributed by atoms with E-state index in [1.165, 1.54) is 77.0 Å². The Balaban J connectivity index is 1.27. The van der Waals surface area contributed by atoms with Crippen molar-refractivity contribution in [3.63, 3.8) is 0 Å². The van der Waals surface area contributed by atoms with Crippen LogP contribution in [0, 0.1) is 18.4 Å². The largest absolute Gasteiger partial charge is 0.462 e. The Labute approximate surface area is 226 Å². The van der Waals surface area contributed by atoms with Crippen molar-refractivity contribution in [1.29, 1.82) is 0 Å². The van der Waals surface area contributed by atoms with E-state index in [2.05, 4.69) is 27.8 Å². The number of imidazole rings is 1. The second kappa shape index (κ2) is 15.6. The molecule has 2 atom stereocenters. The SMILES string of the molecule is C#CC1(COC(=O)CCCCCCCCCCCCCCCC)CCC(n2cnc3c(N)nc(F)nc32)O1. The zero-order valence-electron chi connectivity index (χ0n) is 22.9. The Morgan fingerprint density at radius 3 is 2.32 bits per heavy atom. The molecule has 1 aliphatic rings. The smallest absolute Gasteiger partial charge is 0.312 e. The molecule has 1 aliphatic heterocycles. The molecule has 0 saturated carbocycles. The van der Waals surface area contributed by atoms with E-state index in [0.29, 0.717) is 24.8 Å². The van der Waals surface area contributed by atoms with Crippen LogP contribution in [-0.4, -0.2) is 37.7 Å². The standard InChI is InChI=1S/C29H44FN5O3/c1-3-5-6-7-8-9-10-11-12-13-14-15-16-17-18-24(36)37-21-29(4-2)20-19-23(38-29)35-22-32-25-26(31)33-28(30)34-27(25)35/h2,22-23H,3,5-21H2,1H3,(H2,31,33,34). The van der Waals surface area contributed by atoms with Gasteiger partial charge in [-0.1, -0.05) is 96.3 Å². The number of esters is 1. The molecule has 3 heterocycles. The van der Waals surface area contributed by atoms with Crippen LogP contribution in [0.5, 0.6) is 0 Å². The van der Waals surface area contributed by atoms with Crippen LogP contribution in [0.4, 0.5) is 10.2 Å². The van der Waals surface area contributed by atoms with Crippen LogP contribution >= 0.6 is 0 Å². The van der Waals surface area contributed by atoms with Crippen LogP contribution in [-0.2, 0) is 14.3 Å². The molecule has 0 radical (unpaired) electrons. The Bertz CT molecular complexity index is 1050. The summed E-state index contributed by atoms with van der Waals surface area (Å²) in [6.07, 6.45) is 25.0. The van der Waals surface area contributed by atoms with E-state index in [0.717, 1.165) is 19.3 Å². The van der Waals surface area contributed by atoms with E-state index in [1.807, 2.05) is 0 Å². The molecule has 2 aromatic rings. The molecule has 2 aromatic heterocycles. The van der Waals surface area contributed by atoms with E-state index in [9.17, 15) is 9.18 Å². The number of aromatic nitrogens is 4. The van der Waals surface area contributed by atoms with Crippen molar-refractivity contribution >= 4 is 23.0 Å². The van der Waals surface area contributed by atoms with Crippen molar-refractivity contribution < 1.29 is 18.7 Å². The molecule has 1 fully saturated rings. The van der Waals surface area contributed by atoms with Gasteiger partial charge in [0, 0.05) is 6.42 Å². The summed E-state index contributed by atoms with van der Waals surface area (Å²) in [7, 11) is 0. The van der Waals surface area contributed by atoms with E-state index in [-0.39, 0.29) is 24.0 Å². The summed E-state index contributed by atoms with van der Waals surface area (Å²) in [4.78, 5) is 23.8. The highest BCUT2D eigenvalue weighted by atomic mass is 19.1. The molecule has 3 rings (SSSR count). The number of carbonyl (C=O) groups is 1. The third kappa shape index (κ3) is 8.93.